The number of hydrogen-bond acceptors (Lipinski definition) is 6. The molecule has 0 aromatic carbocycles. The van der Waals surface area contributed by atoms with Gasteiger partial charge in [0.05, 0.1) is 12.1 Å². The SMILES string of the molecule is CC(C)=Cc1ccnc2nc(Cn3cccc(NC(=O)C(CCC=CC(=O)N(C)C)NC(=O)O)c3=O)[nH]c12. The van der Waals surface area contributed by atoms with Gasteiger partial charge in [-0.3, -0.25) is 14.4 Å². The van der Waals surface area contributed by atoms with E-state index in [-0.39, 0.29) is 31.0 Å². The van der Waals surface area contributed by atoms with Crippen LogP contribution in [0.2, 0.25) is 0 Å². The summed E-state index contributed by atoms with van der Waals surface area (Å²) in [6, 6.07) is 3.78. The zero-order valence-corrected chi connectivity index (χ0v) is 21.7. The first kappa shape index (κ1) is 27.8. The molecule has 1 atom stereocenters. The Morgan fingerprint density at radius 3 is 2.68 bits per heavy atom. The van der Waals surface area contributed by atoms with Crippen LogP contribution in [-0.4, -0.2) is 67.6 Å². The Labute approximate surface area is 219 Å². The maximum absolute atomic E-state index is 13.1. The molecule has 200 valence electrons. The van der Waals surface area contributed by atoms with Crippen LogP contribution in [0.1, 0.15) is 38.1 Å². The zero-order valence-electron chi connectivity index (χ0n) is 21.7. The van der Waals surface area contributed by atoms with Gasteiger partial charge in [-0.1, -0.05) is 17.7 Å². The van der Waals surface area contributed by atoms with Gasteiger partial charge in [-0.25, -0.2) is 14.8 Å². The fraction of sp³-hybridized carbons (Fsp3) is 0.308. The van der Waals surface area contributed by atoms with Crippen molar-refractivity contribution >= 4 is 40.8 Å². The molecule has 0 aliphatic carbocycles. The van der Waals surface area contributed by atoms with Crippen molar-refractivity contribution in [3.8, 4) is 0 Å². The van der Waals surface area contributed by atoms with Gasteiger partial charge in [0, 0.05) is 32.1 Å². The maximum atomic E-state index is 13.1. The Kier molecular flexibility index (Phi) is 9.14. The van der Waals surface area contributed by atoms with E-state index in [4.69, 9.17) is 5.11 Å². The van der Waals surface area contributed by atoms with Gasteiger partial charge in [-0.2, -0.15) is 0 Å². The second kappa shape index (κ2) is 12.5. The first-order chi connectivity index (χ1) is 18.0. The van der Waals surface area contributed by atoms with Crippen molar-refractivity contribution in [1.29, 1.82) is 0 Å². The first-order valence-corrected chi connectivity index (χ1v) is 11.9. The quantitative estimate of drug-likeness (QED) is 0.298. The van der Waals surface area contributed by atoms with Crippen molar-refractivity contribution in [3.05, 3.63) is 70.1 Å². The standard InChI is InChI=1S/C26H31N7O5/c1-16(2)14-17-11-12-27-23-22(17)30-20(31-23)15-33-13-7-9-19(25(33)36)28-24(35)18(29-26(37)38)8-5-6-10-21(34)32(3)4/h6-7,9-14,18,29H,5,8,15H2,1-4H3,(H,28,35)(H,37,38)(H,27,30,31). The summed E-state index contributed by atoms with van der Waals surface area (Å²) in [7, 11) is 3.21. The fourth-order valence-electron chi connectivity index (χ4n) is 3.64. The van der Waals surface area contributed by atoms with E-state index in [2.05, 4.69) is 25.6 Å². The third-order valence-electron chi connectivity index (χ3n) is 5.45. The highest BCUT2D eigenvalue weighted by atomic mass is 16.4. The van der Waals surface area contributed by atoms with Crippen molar-refractivity contribution in [3.63, 3.8) is 0 Å². The smallest absolute Gasteiger partial charge is 0.405 e. The molecule has 3 aromatic heterocycles. The largest absolute Gasteiger partial charge is 0.465 e. The summed E-state index contributed by atoms with van der Waals surface area (Å²) in [5.74, 6) is -0.401. The van der Waals surface area contributed by atoms with Crippen LogP contribution in [0.15, 0.2) is 53.1 Å². The van der Waals surface area contributed by atoms with Gasteiger partial charge in [0.15, 0.2) is 5.65 Å². The Morgan fingerprint density at radius 2 is 2.00 bits per heavy atom. The Hall–Kier alpha value is -4.74. The van der Waals surface area contributed by atoms with Crippen molar-refractivity contribution in [2.75, 3.05) is 19.4 Å². The minimum absolute atomic E-state index is 0.00696. The average molecular weight is 522 g/mol. The lowest BCUT2D eigenvalue weighted by molar-refractivity contribution is -0.123. The van der Waals surface area contributed by atoms with Gasteiger partial charge in [-0.15, -0.1) is 0 Å². The highest BCUT2D eigenvalue weighted by molar-refractivity contribution is 5.96. The molecule has 0 aliphatic heterocycles. The number of imidazole rings is 1. The Balaban J connectivity index is 1.76. The van der Waals surface area contributed by atoms with Crippen LogP contribution < -0.4 is 16.2 Å². The van der Waals surface area contributed by atoms with Crippen molar-refractivity contribution in [2.45, 2.75) is 39.3 Å². The van der Waals surface area contributed by atoms with E-state index in [1.807, 2.05) is 26.0 Å². The first-order valence-electron chi connectivity index (χ1n) is 11.9. The van der Waals surface area contributed by atoms with Gasteiger partial charge in [-0.05, 0) is 51.0 Å². The summed E-state index contributed by atoms with van der Waals surface area (Å²) < 4.78 is 1.38. The fourth-order valence-corrected chi connectivity index (χ4v) is 3.64. The lowest BCUT2D eigenvalue weighted by atomic mass is 10.1. The minimum Gasteiger partial charge on any atom is -0.465 e. The molecule has 0 saturated heterocycles. The topological polar surface area (TPSA) is 162 Å². The van der Waals surface area contributed by atoms with Crippen LogP contribution >= 0.6 is 0 Å². The number of likely N-dealkylation sites (N-methyl/N-ethyl adjacent to an activating group) is 1. The highest BCUT2D eigenvalue weighted by Crippen LogP contribution is 2.17. The van der Waals surface area contributed by atoms with Gasteiger partial charge in [0.2, 0.25) is 11.8 Å². The van der Waals surface area contributed by atoms with E-state index >= 15 is 0 Å². The van der Waals surface area contributed by atoms with Crippen molar-refractivity contribution in [2.24, 2.45) is 0 Å². The summed E-state index contributed by atoms with van der Waals surface area (Å²) in [6.07, 6.45) is 7.13. The number of amides is 3. The molecule has 0 fully saturated rings. The summed E-state index contributed by atoms with van der Waals surface area (Å²) in [4.78, 5) is 62.2. The minimum atomic E-state index is -1.38. The lowest BCUT2D eigenvalue weighted by Crippen LogP contribution is -2.44. The second-order valence-electron chi connectivity index (χ2n) is 9.06. The number of anilines is 1. The molecular weight excluding hydrogens is 490 g/mol. The molecule has 12 nitrogen and oxygen atoms in total. The highest BCUT2D eigenvalue weighted by Gasteiger charge is 2.21. The number of nitrogens with zero attached hydrogens (tertiary/aromatic N) is 4. The number of carboxylic acid groups (broad SMARTS) is 1. The molecule has 0 spiro atoms. The van der Waals surface area contributed by atoms with Crippen LogP contribution in [0.5, 0.6) is 0 Å². The van der Waals surface area contributed by atoms with Crippen LogP contribution in [0.3, 0.4) is 0 Å². The van der Waals surface area contributed by atoms with Gasteiger partial charge >= 0.3 is 6.09 Å². The molecule has 3 aromatic rings. The molecule has 3 heterocycles. The summed E-state index contributed by atoms with van der Waals surface area (Å²) in [6.45, 7) is 4.08. The predicted octanol–water partition coefficient (Wildman–Crippen LogP) is 2.59. The number of carbonyl (C=O) groups excluding carboxylic acids is 2. The van der Waals surface area contributed by atoms with Crippen molar-refractivity contribution in [1.82, 2.24) is 29.7 Å². The number of hydrogen-bond donors (Lipinski definition) is 4. The number of pyridine rings is 2. The van der Waals surface area contributed by atoms with Crippen LogP contribution in [0, 0.1) is 0 Å². The van der Waals surface area contributed by atoms with Gasteiger partial charge in [0.25, 0.3) is 5.56 Å². The molecule has 3 rings (SSSR count). The molecule has 0 saturated carbocycles. The second-order valence-corrected chi connectivity index (χ2v) is 9.06. The number of H-pyrrole nitrogens is 1. The number of aromatic nitrogens is 4. The molecule has 0 radical (unpaired) electrons. The van der Waals surface area contributed by atoms with E-state index in [9.17, 15) is 19.2 Å². The summed E-state index contributed by atoms with van der Waals surface area (Å²) in [5, 5.41) is 13.8. The van der Waals surface area contributed by atoms with E-state index in [0.29, 0.717) is 11.5 Å². The number of rotatable bonds is 10. The lowest BCUT2D eigenvalue weighted by Gasteiger charge is -2.16. The third-order valence-corrected chi connectivity index (χ3v) is 5.45. The Bertz CT molecular complexity index is 1450. The average Bonchev–Trinajstić information content (AvgIpc) is 3.26. The molecule has 0 bridgehead atoms. The molecule has 1 unspecified atom stereocenters. The van der Waals surface area contributed by atoms with E-state index in [1.165, 1.54) is 21.6 Å². The maximum Gasteiger partial charge on any atom is 0.405 e. The van der Waals surface area contributed by atoms with E-state index in [0.717, 1.165) is 16.7 Å². The predicted molar refractivity (Wildman–Crippen MR) is 144 cm³/mol. The number of aromatic amines is 1. The molecular formula is C26H31N7O5. The van der Waals surface area contributed by atoms with Gasteiger partial charge < -0.3 is 30.2 Å². The third kappa shape index (κ3) is 7.38. The molecule has 3 amide bonds. The zero-order chi connectivity index (χ0) is 27.8. The summed E-state index contributed by atoms with van der Waals surface area (Å²) in [5.41, 5.74) is 2.83. The Morgan fingerprint density at radius 1 is 1.24 bits per heavy atom. The number of allylic oxidation sites excluding steroid dienone is 2. The van der Waals surface area contributed by atoms with E-state index < -0.39 is 23.6 Å². The normalized spacial score (nSPS) is 11.8. The number of carbonyl (C=O) groups is 3. The summed E-state index contributed by atoms with van der Waals surface area (Å²) >= 11 is 0. The van der Waals surface area contributed by atoms with Crippen LogP contribution in [-0.2, 0) is 16.1 Å². The van der Waals surface area contributed by atoms with Crippen LogP contribution in [0.4, 0.5) is 10.5 Å². The number of nitrogens with one attached hydrogen (secondary N) is 3. The molecule has 12 heteroatoms. The van der Waals surface area contributed by atoms with Crippen LogP contribution in [0.25, 0.3) is 17.2 Å². The van der Waals surface area contributed by atoms with E-state index in [1.54, 1.807) is 38.6 Å². The van der Waals surface area contributed by atoms with Gasteiger partial charge in [0.1, 0.15) is 17.6 Å². The molecule has 38 heavy (non-hydrogen) atoms. The molecule has 4 N–H and O–H groups in total. The molecule has 0 aliphatic rings. The number of fused-ring (bicyclic) bond motifs is 1. The monoisotopic (exact) mass is 521 g/mol. The van der Waals surface area contributed by atoms with Crippen molar-refractivity contribution < 1.29 is 19.5 Å².